The van der Waals surface area contributed by atoms with Gasteiger partial charge in [-0.15, -0.1) is 0 Å². The highest BCUT2D eigenvalue weighted by Gasteiger charge is 2.32. The number of nitro benzene ring substituents is 1. The second-order valence-corrected chi connectivity index (χ2v) is 8.26. The summed E-state index contributed by atoms with van der Waals surface area (Å²) in [6.07, 6.45) is -0.980. The fourth-order valence-electron chi connectivity index (χ4n) is 2.26. The van der Waals surface area contributed by atoms with Gasteiger partial charge in [0.2, 0.25) is 0 Å². The number of nitrogens with zero attached hydrogens (tertiary/aromatic N) is 2. The van der Waals surface area contributed by atoms with Gasteiger partial charge in [-0.05, 0) is 32.9 Å². The number of ether oxygens (including phenoxy) is 1. The zero-order chi connectivity index (χ0) is 20.2. The molecular formula is C16H20N2O8S. The van der Waals surface area contributed by atoms with Crippen LogP contribution in [0.25, 0.3) is 0 Å². The van der Waals surface area contributed by atoms with Crippen LogP contribution < -0.4 is 0 Å². The van der Waals surface area contributed by atoms with E-state index in [0.29, 0.717) is 0 Å². The predicted molar refractivity (Wildman–Crippen MR) is 92.7 cm³/mol. The first-order valence-corrected chi connectivity index (χ1v) is 9.41. The zero-order valence-electron chi connectivity index (χ0n) is 15.1. The van der Waals surface area contributed by atoms with Gasteiger partial charge in [0.15, 0.2) is 11.6 Å². The molecule has 1 aliphatic heterocycles. The van der Waals surface area contributed by atoms with Gasteiger partial charge < -0.3 is 4.74 Å². The van der Waals surface area contributed by atoms with Crippen LogP contribution in [0.5, 0.6) is 0 Å². The number of non-ortho nitro benzene ring substituents is 1. The lowest BCUT2D eigenvalue weighted by Crippen LogP contribution is -2.46. The van der Waals surface area contributed by atoms with E-state index in [1.54, 1.807) is 26.7 Å². The van der Waals surface area contributed by atoms with Crippen LogP contribution in [0.2, 0.25) is 0 Å². The van der Waals surface area contributed by atoms with Crippen LogP contribution in [0.15, 0.2) is 34.9 Å². The normalized spacial score (nSPS) is 18.3. The van der Waals surface area contributed by atoms with Gasteiger partial charge in [0, 0.05) is 12.1 Å². The summed E-state index contributed by atoms with van der Waals surface area (Å²) >= 11 is 0. The fourth-order valence-corrected chi connectivity index (χ4v) is 3.17. The summed E-state index contributed by atoms with van der Waals surface area (Å²) in [5.41, 5.74) is -0.823. The van der Waals surface area contributed by atoms with E-state index >= 15 is 0 Å². The predicted octanol–water partition coefficient (Wildman–Crippen LogP) is 1.45. The molecule has 0 bridgehead atoms. The van der Waals surface area contributed by atoms with Crippen LogP contribution >= 0.6 is 0 Å². The molecular weight excluding hydrogens is 380 g/mol. The third kappa shape index (κ3) is 5.59. The zero-order valence-corrected chi connectivity index (χ0v) is 15.9. The Bertz CT molecular complexity index is 838. The molecule has 0 radical (unpaired) electrons. The third-order valence-electron chi connectivity index (χ3n) is 3.39. The first-order chi connectivity index (χ1) is 12.5. The standard InChI is InChI=1S/C16H20N2O8S/c1-16(2,3)26-17-8-9-24-15(14(17)10-19)11-25-27(22,23)13-6-4-12(5-7-13)18(20)21/h4-7,15H,8-9,11H2,1-3H3. The van der Waals surface area contributed by atoms with E-state index in [1.807, 2.05) is 0 Å². The summed E-state index contributed by atoms with van der Waals surface area (Å²) in [6.45, 7) is 5.43. The Labute approximate surface area is 156 Å². The number of benzene rings is 1. The quantitative estimate of drug-likeness (QED) is 0.302. The molecule has 1 atom stereocenters. The van der Waals surface area contributed by atoms with Crippen molar-refractivity contribution in [2.75, 3.05) is 19.8 Å². The molecule has 1 unspecified atom stereocenters. The Morgan fingerprint density at radius 1 is 1.33 bits per heavy atom. The largest absolute Gasteiger partial charge is 0.367 e. The van der Waals surface area contributed by atoms with Gasteiger partial charge in [0.1, 0.15) is 6.10 Å². The summed E-state index contributed by atoms with van der Waals surface area (Å²) in [6, 6.07) is 4.26. The van der Waals surface area contributed by atoms with Crippen LogP contribution in [0.4, 0.5) is 5.69 Å². The fraction of sp³-hybridized carbons (Fsp3) is 0.500. The van der Waals surface area contributed by atoms with E-state index in [0.717, 1.165) is 24.3 Å². The van der Waals surface area contributed by atoms with Crippen molar-refractivity contribution in [2.24, 2.45) is 0 Å². The van der Waals surface area contributed by atoms with E-state index in [2.05, 4.69) is 0 Å². The van der Waals surface area contributed by atoms with Crippen LogP contribution in [-0.2, 0) is 28.7 Å². The number of morpholine rings is 1. The van der Waals surface area contributed by atoms with Crippen LogP contribution in [0.3, 0.4) is 0 Å². The van der Waals surface area contributed by atoms with Gasteiger partial charge in [-0.25, -0.2) is 9.86 Å². The van der Waals surface area contributed by atoms with Gasteiger partial charge in [0.25, 0.3) is 15.8 Å². The first-order valence-electron chi connectivity index (χ1n) is 8.00. The lowest BCUT2D eigenvalue weighted by Gasteiger charge is -2.37. The molecule has 1 saturated heterocycles. The Kier molecular flexibility index (Phi) is 6.34. The van der Waals surface area contributed by atoms with E-state index in [4.69, 9.17) is 13.8 Å². The van der Waals surface area contributed by atoms with Crippen molar-refractivity contribution in [2.45, 2.75) is 37.4 Å². The highest BCUT2D eigenvalue weighted by atomic mass is 32.2. The van der Waals surface area contributed by atoms with Crippen LogP contribution in [0.1, 0.15) is 20.8 Å². The number of hydrogen-bond acceptors (Lipinski definition) is 9. The molecule has 11 heteroatoms. The van der Waals surface area contributed by atoms with E-state index < -0.39 is 33.4 Å². The number of hydrogen-bond donors (Lipinski definition) is 0. The SMILES string of the molecule is CC(C)(C)ON1CCOC(COS(=O)(=O)c2ccc([N+](=O)[O-])cc2)C1=C=O. The second kappa shape index (κ2) is 8.15. The molecule has 1 aromatic carbocycles. The van der Waals surface area contributed by atoms with Gasteiger partial charge >= 0.3 is 0 Å². The van der Waals surface area contributed by atoms with Crippen molar-refractivity contribution in [1.82, 2.24) is 5.06 Å². The number of nitro groups is 1. The maximum atomic E-state index is 12.3. The van der Waals surface area contributed by atoms with Crippen molar-refractivity contribution >= 4 is 21.7 Å². The molecule has 0 aliphatic carbocycles. The van der Waals surface area contributed by atoms with Crippen LogP contribution in [0, 0.1) is 10.1 Å². The molecule has 1 aliphatic rings. The molecule has 27 heavy (non-hydrogen) atoms. The van der Waals surface area contributed by atoms with Crippen molar-refractivity contribution in [3.05, 3.63) is 40.1 Å². The minimum Gasteiger partial charge on any atom is -0.367 e. The maximum Gasteiger partial charge on any atom is 0.297 e. The van der Waals surface area contributed by atoms with Gasteiger partial charge in [0.05, 0.1) is 35.2 Å². The van der Waals surface area contributed by atoms with Crippen molar-refractivity contribution in [3.8, 4) is 0 Å². The lowest BCUT2D eigenvalue weighted by atomic mass is 10.2. The summed E-state index contributed by atoms with van der Waals surface area (Å²) in [7, 11) is -4.19. The Morgan fingerprint density at radius 3 is 2.48 bits per heavy atom. The average molecular weight is 400 g/mol. The van der Waals surface area contributed by atoms with Gasteiger partial charge in [-0.1, -0.05) is 0 Å². The summed E-state index contributed by atoms with van der Waals surface area (Å²) < 4.78 is 34.9. The van der Waals surface area contributed by atoms with E-state index in [-0.39, 0.29) is 29.4 Å². The number of rotatable bonds is 6. The Balaban J connectivity index is 2.09. The van der Waals surface area contributed by atoms with E-state index in [9.17, 15) is 23.3 Å². The summed E-state index contributed by atoms with van der Waals surface area (Å²) in [4.78, 5) is 26.7. The third-order valence-corrected chi connectivity index (χ3v) is 4.68. The van der Waals surface area contributed by atoms with Crippen molar-refractivity contribution < 1.29 is 31.9 Å². The van der Waals surface area contributed by atoms with Gasteiger partial charge in [-0.3, -0.25) is 19.1 Å². The molecule has 0 N–H and O–H groups in total. The molecule has 0 spiro atoms. The van der Waals surface area contributed by atoms with Crippen molar-refractivity contribution in [1.29, 1.82) is 0 Å². The molecule has 1 heterocycles. The number of carbonyl (C=O) groups excluding carboxylic acids is 1. The van der Waals surface area contributed by atoms with Crippen LogP contribution in [-0.4, -0.2) is 55.8 Å². The topological polar surface area (TPSA) is 125 Å². The van der Waals surface area contributed by atoms with E-state index in [1.165, 1.54) is 5.06 Å². The Hall–Kier alpha value is -2.30. The smallest absolute Gasteiger partial charge is 0.297 e. The lowest BCUT2D eigenvalue weighted by molar-refractivity contribution is -0.384. The summed E-state index contributed by atoms with van der Waals surface area (Å²) in [5.74, 6) is 1.72. The number of hydroxylamine groups is 2. The maximum absolute atomic E-state index is 12.3. The molecule has 0 saturated carbocycles. The molecule has 0 amide bonds. The highest BCUT2D eigenvalue weighted by Crippen LogP contribution is 2.23. The first kappa shape index (κ1) is 21.0. The summed E-state index contributed by atoms with van der Waals surface area (Å²) in [5, 5.41) is 12.0. The molecule has 10 nitrogen and oxygen atoms in total. The molecule has 0 aromatic heterocycles. The average Bonchev–Trinajstić information content (AvgIpc) is 2.59. The highest BCUT2D eigenvalue weighted by molar-refractivity contribution is 7.86. The molecule has 1 aromatic rings. The molecule has 2 rings (SSSR count). The molecule has 148 valence electrons. The minimum atomic E-state index is -4.19. The second-order valence-electron chi connectivity index (χ2n) is 6.64. The van der Waals surface area contributed by atoms with Crippen molar-refractivity contribution in [3.63, 3.8) is 0 Å². The monoisotopic (exact) mass is 400 g/mol. The minimum absolute atomic E-state index is 0.00456. The Morgan fingerprint density at radius 2 is 1.96 bits per heavy atom. The van der Waals surface area contributed by atoms with Gasteiger partial charge in [-0.2, -0.15) is 8.42 Å². The molecule has 1 fully saturated rings.